The van der Waals surface area contributed by atoms with Crippen molar-refractivity contribution in [2.24, 2.45) is 0 Å². The monoisotopic (exact) mass is 539 g/mol. The number of aromatic nitrogens is 1. The summed E-state index contributed by atoms with van der Waals surface area (Å²) in [4.78, 5) is 20.7. The van der Waals surface area contributed by atoms with Gasteiger partial charge < -0.3 is 18.8 Å². The molecule has 0 spiro atoms. The third-order valence-corrected chi connectivity index (χ3v) is 6.20. The van der Waals surface area contributed by atoms with E-state index in [1.54, 1.807) is 4.90 Å². The first-order chi connectivity index (χ1) is 14.8. The highest BCUT2D eigenvalue weighted by molar-refractivity contribution is 9.10. The zero-order valence-electron chi connectivity index (χ0n) is 17.6. The Kier molecular flexibility index (Phi) is 5.94. The summed E-state index contributed by atoms with van der Waals surface area (Å²) in [7, 11) is 0. The Hall–Kier alpha value is -1.88. The minimum atomic E-state index is -4.93. The number of nitrogens with zero attached hydrogens (tertiary/aromatic N) is 3. The van der Waals surface area contributed by atoms with Gasteiger partial charge in [-0.15, -0.1) is 13.2 Å². The number of amides is 1. The molecule has 2 unspecified atom stereocenters. The lowest BCUT2D eigenvalue weighted by Crippen LogP contribution is -2.63. The number of anilines is 1. The number of benzene rings is 1. The molecule has 2 atom stereocenters. The van der Waals surface area contributed by atoms with Crippen LogP contribution < -0.4 is 9.64 Å². The summed E-state index contributed by atoms with van der Waals surface area (Å²) >= 11 is 9.25. The molecule has 3 heterocycles. The minimum absolute atomic E-state index is 0.100. The van der Waals surface area contributed by atoms with Crippen molar-refractivity contribution in [1.82, 2.24) is 9.88 Å². The molecule has 0 saturated carbocycles. The summed E-state index contributed by atoms with van der Waals surface area (Å²) in [6.45, 7) is 6.29. The molecule has 0 aliphatic carbocycles. The molecule has 176 valence electrons. The zero-order chi connectivity index (χ0) is 23.4. The van der Waals surface area contributed by atoms with Crippen LogP contribution in [0.4, 0.5) is 24.0 Å². The molecular weight excluding hydrogens is 519 g/mol. The SMILES string of the molecule is CC(C)(C)OC(=O)N1C2CCCC1CN(c1nc3c(OC(F)(F)F)c(Cl)cc(Br)c3o1)C2. The fourth-order valence-electron chi connectivity index (χ4n) is 4.20. The van der Waals surface area contributed by atoms with Crippen molar-refractivity contribution < 1.29 is 31.9 Å². The van der Waals surface area contributed by atoms with Gasteiger partial charge in [0.05, 0.1) is 21.6 Å². The Morgan fingerprint density at radius 3 is 2.44 bits per heavy atom. The number of halogens is 5. The van der Waals surface area contributed by atoms with E-state index in [4.69, 9.17) is 20.8 Å². The first-order valence-corrected chi connectivity index (χ1v) is 11.3. The van der Waals surface area contributed by atoms with Gasteiger partial charge in [-0.1, -0.05) is 11.6 Å². The van der Waals surface area contributed by atoms with E-state index in [1.807, 2.05) is 25.7 Å². The first-order valence-electron chi connectivity index (χ1n) is 10.1. The van der Waals surface area contributed by atoms with E-state index in [9.17, 15) is 18.0 Å². The fraction of sp³-hybridized carbons (Fsp3) is 0.600. The van der Waals surface area contributed by atoms with Gasteiger partial charge in [0.15, 0.2) is 16.8 Å². The molecule has 2 fully saturated rings. The predicted octanol–water partition coefficient (Wildman–Crippen LogP) is 6.12. The average Bonchev–Trinajstić information content (AvgIpc) is 3.08. The lowest BCUT2D eigenvalue weighted by atomic mass is 9.92. The van der Waals surface area contributed by atoms with Crippen LogP contribution in [-0.2, 0) is 4.74 Å². The minimum Gasteiger partial charge on any atom is -0.444 e. The zero-order valence-corrected chi connectivity index (χ0v) is 20.0. The molecule has 1 aromatic heterocycles. The molecule has 4 rings (SSSR count). The van der Waals surface area contributed by atoms with E-state index in [1.165, 1.54) is 6.07 Å². The Balaban J connectivity index is 1.64. The molecule has 2 bridgehead atoms. The number of ether oxygens (including phenoxy) is 2. The number of carbonyl (C=O) groups is 1. The van der Waals surface area contributed by atoms with E-state index in [-0.39, 0.29) is 40.3 Å². The van der Waals surface area contributed by atoms with Crippen molar-refractivity contribution >= 4 is 50.7 Å². The van der Waals surface area contributed by atoms with Crippen LogP contribution in [-0.4, -0.2) is 53.1 Å². The molecule has 2 aliphatic rings. The lowest BCUT2D eigenvalue weighted by molar-refractivity contribution is -0.274. The van der Waals surface area contributed by atoms with Crippen molar-refractivity contribution in [3.8, 4) is 5.75 Å². The van der Waals surface area contributed by atoms with Gasteiger partial charge in [-0.3, -0.25) is 4.90 Å². The number of hydrogen-bond donors (Lipinski definition) is 0. The maximum Gasteiger partial charge on any atom is 0.573 e. The molecule has 7 nitrogen and oxygen atoms in total. The topological polar surface area (TPSA) is 68.0 Å². The number of hydrogen-bond acceptors (Lipinski definition) is 6. The maximum absolute atomic E-state index is 12.9. The van der Waals surface area contributed by atoms with E-state index >= 15 is 0 Å². The molecule has 1 aromatic carbocycles. The van der Waals surface area contributed by atoms with Crippen LogP contribution in [0, 0.1) is 0 Å². The average molecular weight is 541 g/mol. The lowest BCUT2D eigenvalue weighted by Gasteiger charge is -2.49. The standard InChI is InChI=1S/C20H22BrClF3N3O4/c1-19(2,3)32-18(29)28-10-5-4-6-11(28)9-27(8-10)17-26-14-15(30-17)12(21)7-13(22)16(14)31-20(23,24)25/h7,10-11H,4-6,8-9H2,1-3H3. The Labute approximate surface area is 195 Å². The molecule has 32 heavy (non-hydrogen) atoms. The summed E-state index contributed by atoms with van der Waals surface area (Å²) in [5.41, 5.74) is -0.636. The summed E-state index contributed by atoms with van der Waals surface area (Å²) < 4.78 is 54.5. The third-order valence-electron chi connectivity index (χ3n) is 5.33. The van der Waals surface area contributed by atoms with Crippen LogP contribution in [0.15, 0.2) is 15.0 Å². The number of rotatable bonds is 2. The van der Waals surface area contributed by atoms with E-state index in [0.717, 1.165) is 19.3 Å². The number of oxazole rings is 1. The highest BCUT2D eigenvalue weighted by Gasteiger charge is 2.43. The summed E-state index contributed by atoms with van der Waals surface area (Å²) in [5, 5.41) is -0.242. The number of alkyl halides is 3. The third kappa shape index (κ3) is 4.73. The summed E-state index contributed by atoms with van der Waals surface area (Å²) in [6, 6.07) is 1.18. The maximum atomic E-state index is 12.9. The van der Waals surface area contributed by atoms with Crippen LogP contribution in [0.2, 0.25) is 5.02 Å². The van der Waals surface area contributed by atoms with Crippen molar-refractivity contribution in [1.29, 1.82) is 0 Å². The Morgan fingerprint density at radius 2 is 1.88 bits per heavy atom. The molecule has 2 aromatic rings. The summed E-state index contributed by atoms with van der Waals surface area (Å²) in [5.74, 6) is -0.611. The second-order valence-electron chi connectivity index (χ2n) is 8.92. The number of fused-ring (bicyclic) bond motifs is 3. The van der Waals surface area contributed by atoms with Gasteiger partial charge in [-0.2, -0.15) is 4.98 Å². The van der Waals surface area contributed by atoms with Crippen molar-refractivity contribution in [2.45, 2.75) is 64.1 Å². The smallest absolute Gasteiger partial charge is 0.444 e. The van der Waals surface area contributed by atoms with Gasteiger partial charge in [0.1, 0.15) is 5.60 Å². The van der Waals surface area contributed by atoms with Gasteiger partial charge in [-0.25, -0.2) is 4.79 Å². The number of carbonyl (C=O) groups excluding carboxylic acids is 1. The van der Waals surface area contributed by atoms with Gasteiger partial charge in [-0.05, 0) is 62.0 Å². The second-order valence-corrected chi connectivity index (χ2v) is 10.2. The van der Waals surface area contributed by atoms with Crippen LogP contribution >= 0.6 is 27.5 Å². The van der Waals surface area contributed by atoms with Gasteiger partial charge in [0.25, 0.3) is 6.01 Å². The molecule has 2 saturated heterocycles. The number of piperidine rings is 1. The van der Waals surface area contributed by atoms with E-state index < -0.39 is 17.7 Å². The molecular formula is C20H22BrClF3N3O4. The van der Waals surface area contributed by atoms with Gasteiger partial charge in [0, 0.05) is 13.1 Å². The fourth-order valence-corrected chi connectivity index (χ4v) is 5.07. The van der Waals surface area contributed by atoms with Crippen molar-refractivity contribution in [3.63, 3.8) is 0 Å². The van der Waals surface area contributed by atoms with Crippen LogP contribution in [0.1, 0.15) is 40.0 Å². The Morgan fingerprint density at radius 1 is 1.25 bits per heavy atom. The first kappa shape index (κ1) is 23.3. The quantitative estimate of drug-likeness (QED) is 0.457. The molecule has 0 N–H and O–H groups in total. The second kappa shape index (κ2) is 8.16. The molecule has 12 heteroatoms. The van der Waals surface area contributed by atoms with Crippen molar-refractivity contribution in [2.75, 3.05) is 18.0 Å². The molecule has 0 radical (unpaired) electrons. The van der Waals surface area contributed by atoms with Crippen LogP contribution in [0.25, 0.3) is 11.1 Å². The normalized spacial score (nSPS) is 21.8. The van der Waals surface area contributed by atoms with E-state index in [0.29, 0.717) is 17.6 Å². The molecule has 2 aliphatic heterocycles. The molecule has 1 amide bonds. The highest BCUT2D eigenvalue weighted by atomic mass is 79.9. The predicted molar refractivity (Wildman–Crippen MR) is 115 cm³/mol. The summed E-state index contributed by atoms with van der Waals surface area (Å²) in [6.07, 6.45) is -2.75. The largest absolute Gasteiger partial charge is 0.573 e. The van der Waals surface area contributed by atoms with Crippen LogP contribution in [0.5, 0.6) is 5.75 Å². The van der Waals surface area contributed by atoms with Gasteiger partial charge in [0.2, 0.25) is 0 Å². The van der Waals surface area contributed by atoms with E-state index in [2.05, 4.69) is 25.7 Å². The number of piperazine rings is 1. The Bertz CT molecular complexity index is 1030. The van der Waals surface area contributed by atoms with Gasteiger partial charge >= 0.3 is 12.5 Å². The van der Waals surface area contributed by atoms with Crippen molar-refractivity contribution in [3.05, 3.63) is 15.6 Å². The van der Waals surface area contributed by atoms with Crippen LogP contribution in [0.3, 0.4) is 0 Å². The highest BCUT2D eigenvalue weighted by Crippen LogP contribution is 2.43.